The number of nitrogens with zero attached hydrogens (tertiary/aromatic N) is 2. The highest BCUT2D eigenvalue weighted by molar-refractivity contribution is 5.32. The van der Waals surface area contributed by atoms with Crippen LogP contribution in [0.4, 0.5) is 5.69 Å². The van der Waals surface area contributed by atoms with Crippen molar-refractivity contribution in [1.29, 1.82) is 0 Å². The van der Waals surface area contributed by atoms with Crippen molar-refractivity contribution in [2.24, 2.45) is 5.92 Å². The van der Waals surface area contributed by atoms with E-state index in [1.54, 1.807) is 12.1 Å². The predicted octanol–water partition coefficient (Wildman–Crippen LogP) is 2.23. The molecule has 20 heavy (non-hydrogen) atoms. The smallest absolute Gasteiger partial charge is 0.269 e. The molecule has 1 aromatic carbocycles. The minimum absolute atomic E-state index is 0.148. The molecule has 0 saturated carbocycles. The molecule has 5 nitrogen and oxygen atoms in total. The number of nitro groups is 1. The number of rotatable bonds is 6. The summed E-state index contributed by atoms with van der Waals surface area (Å²) in [6, 6.07) is 6.82. The fourth-order valence-electron chi connectivity index (χ4n) is 2.84. The number of hydrogen-bond donors (Lipinski definition) is 1. The van der Waals surface area contributed by atoms with Gasteiger partial charge in [-0.15, -0.1) is 0 Å². The number of hydrogen-bond acceptors (Lipinski definition) is 4. The second-order valence-corrected chi connectivity index (χ2v) is 5.49. The molecule has 1 aliphatic rings. The van der Waals surface area contributed by atoms with Crippen molar-refractivity contribution in [2.45, 2.75) is 25.7 Å². The summed E-state index contributed by atoms with van der Waals surface area (Å²) in [5.41, 5.74) is 1.29. The maximum absolute atomic E-state index is 10.6. The highest BCUT2D eigenvalue weighted by Crippen LogP contribution is 2.20. The van der Waals surface area contributed by atoms with Crippen molar-refractivity contribution in [3.63, 3.8) is 0 Å². The van der Waals surface area contributed by atoms with Crippen LogP contribution in [0.3, 0.4) is 0 Å². The Kier molecular flexibility index (Phi) is 5.49. The molecule has 0 radical (unpaired) electrons. The van der Waals surface area contributed by atoms with E-state index in [1.807, 2.05) is 12.1 Å². The molecular formula is C15H22N2O3. The van der Waals surface area contributed by atoms with Crippen LogP contribution in [0, 0.1) is 16.0 Å². The molecule has 1 N–H and O–H groups in total. The maximum atomic E-state index is 10.6. The molecule has 0 aliphatic carbocycles. The normalized spacial score (nSPS) is 19.9. The molecule has 1 unspecified atom stereocenters. The summed E-state index contributed by atoms with van der Waals surface area (Å²) in [5.74, 6) is 0.616. The highest BCUT2D eigenvalue weighted by Gasteiger charge is 2.19. The Hall–Kier alpha value is -1.46. The van der Waals surface area contributed by atoms with Crippen molar-refractivity contribution < 1.29 is 10.0 Å². The molecule has 0 spiro atoms. The van der Waals surface area contributed by atoms with Gasteiger partial charge in [-0.3, -0.25) is 10.1 Å². The SMILES string of the molecule is O=[N+]([O-])c1ccc(CCN2CCCC(CCO)C2)cc1. The van der Waals surface area contributed by atoms with Crippen LogP contribution in [-0.2, 0) is 6.42 Å². The van der Waals surface area contributed by atoms with Gasteiger partial charge in [-0.1, -0.05) is 12.1 Å². The first kappa shape index (κ1) is 14.9. The topological polar surface area (TPSA) is 66.6 Å². The van der Waals surface area contributed by atoms with Crippen molar-refractivity contribution in [2.75, 3.05) is 26.2 Å². The van der Waals surface area contributed by atoms with Crippen LogP contribution in [0.15, 0.2) is 24.3 Å². The lowest BCUT2D eigenvalue weighted by Crippen LogP contribution is -2.37. The van der Waals surface area contributed by atoms with Crippen molar-refractivity contribution in [3.8, 4) is 0 Å². The van der Waals surface area contributed by atoms with Crippen LogP contribution < -0.4 is 0 Å². The van der Waals surface area contributed by atoms with Gasteiger partial charge in [0, 0.05) is 31.8 Å². The lowest BCUT2D eigenvalue weighted by atomic mass is 9.95. The standard InChI is InChI=1S/C15H22N2O3/c18-11-8-14-2-1-9-16(12-14)10-7-13-3-5-15(6-4-13)17(19)20/h3-6,14,18H,1-2,7-12H2. The lowest BCUT2D eigenvalue weighted by molar-refractivity contribution is -0.384. The molecule has 1 heterocycles. The molecule has 1 atom stereocenters. The average Bonchev–Trinajstić information content (AvgIpc) is 2.46. The summed E-state index contributed by atoms with van der Waals surface area (Å²) in [7, 11) is 0. The van der Waals surface area contributed by atoms with E-state index in [2.05, 4.69) is 4.90 Å². The van der Waals surface area contributed by atoms with Gasteiger partial charge in [0.1, 0.15) is 0 Å². The zero-order chi connectivity index (χ0) is 14.4. The second kappa shape index (κ2) is 7.36. The first-order valence-electron chi connectivity index (χ1n) is 7.25. The van der Waals surface area contributed by atoms with Crippen LogP contribution in [0.2, 0.25) is 0 Å². The summed E-state index contributed by atoms with van der Waals surface area (Å²) in [6.45, 7) is 3.45. The minimum atomic E-state index is -0.367. The fourth-order valence-corrected chi connectivity index (χ4v) is 2.84. The molecule has 0 aromatic heterocycles. The van der Waals surface area contributed by atoms with E-state index in [0.717, 1.165) is 38.0 Å². The number of non-ortho nitro benzene ring substituents is 1. The van der Waals surface area contributed by atoms with Crippen LogP contribution in [0.25, 0.3) is 0 Å². The number of nitro benzene ring substituents is 1. The van der Waals surface area contributed by atoms with Gasteiger partial charge in [-0.25, -0.2) is 0 Å². The van der Waals surface area contributed by atoms with E-state index < -0.39 is 0 Å². The summed E-state index contributed by atoms with van der Waals surface area (Å²) >= 11 is 0. The largest absolute Gasteiger partial charge is 0.396 e. The Morgan fingerprint density at radius 3 is 2.75 bits per heavy atom. The number of likely N-dealkylation sites (tertiary alicyclic amines) is 1. The van der Waals surface area contributed by atoms with Crippen molar-refractivity contribution in [3.05, 3.63) is 39.9 Å². The highest BCUT2D eigenvalue weighted by atomic mass is 16.6. The summed E-state index contributed by atoms with van der Waals surface area (Å²) < 4.78 is 0. The third-order valence-electron chi connectivity index (χ3n) is 4.00. The molecular weight excluding hydrogens is 256 g/mol. The van der Waals surface area contributed by atoms with E-state index in [9.17, 15) is 10.1 Å². The van der Waals surface area contributed by atoms with Crippen molar-refractivity contribution in [1.82, 2.24) is 4.90 Å². The van der Waals surface area contributed by atoms with Gasteiger partial charge in [-0.05, 0) is 43.7 Å². The molecule has 0 amide bonds. The van der Waals surface area contributed by atoms with Crippen LogP contribution in [-0.4, -0.2) is 41.2 Å². The monoisotopic (exact) mass is 278 g/mol. The van der Waals surface area contributed by atoms with Gasteiger partial charge in [0.05, 0.1) is 4.92 Å². The molecule has 1 fully saturated rings. The average molecular weight is 278 g/mol. The fraction of sp³-hybridized carbons (Fsp3) is 0.600. The Morgan fingerprint density at radius 2 is 2.10 bits per heavy atom. The van der Waals surface area contributed by atoms with Gasteiger partial charge in [0.25, 0.3) is 5.69 Å². The molecule has 0 bridgehead atoms. The zero-order valence-electron chi connectivity index (χ0n) is 11.7. The molecule has 110 valence electrons. The first-order valence-corrected chi connectivity index (χ1v) is 7.25. The number of aliphatic hydroxyl groups excluding tert-OH is 1. The minimum Gasteiger partial charge on any atom is -0.396 e. The van der Waals surface area contributed by atoms with Crippen molar-refractivity contribution >= 4 is 5.69 Å². The summed E-state index contributed by atoms with van der Waals surface area (Å²) in [5, 5.41) is 19.6. The van der Waals surface area contributed by atoms with Crippen LogP contribution in [0.1, 0.15) is 24.8 Å². The van der Waals surface area contributed by atoms with E-state index in [1.165, 1.54) is 12.8 Å². The molecule has 1 aromatic rings. The quantitative estimate of drug-likeness (QED) is 0.640. The van der Waals surface area contributed by atoms with E-state index in [0.29, 0.717) is 5.92 Å². The Labute approximate surface area is 119 Å². The summed E-state index contributed by atoms with van der Waals surface area (Å²) in [6.07, 6.45) is 4.23. The molecule has 5 heteroatoms. The van der Waals surface area contributed by atoms with Gasteiger partial charge < -0.3 is 10.0 Å². The van der Waals surface area contributed by atoms with Gasteiger partial charge >= 0.3 is 0 Å². The van der Waals surface area contributed by atoms with E-state index >= 15 is 0 Å². The molecule has 1 saturated heterocycles. The van der Waals surface area contributed by atoms with E-state index in [-0.39, 0.29) is 17.2 Å². The second-order valence-electron chi connectivity index (χ2n) is 5.49. The Morgan fingerprint density at radius 1 is 1.35 bits per heavy atom. The predicted molar refractivity (Wildman–Crippen MR) is 77.7 cm³/mol. The van der Waals surface area contributed by atoms with Gasteiger partial charge in [0.2, 0.25) is 0 Å². The number of benzene rings is 1. The zero-order valence-corrected chi connectivity index (χ0v) is 11.7. The number of piperidine rings is 1. The first-order chi connectivity index (χ1) is 9.69. The third-order valence-corrected chi connectivity index (χ3v) is 4.00. The van der Waals surface area contributed by atoms with Gasteiger partial charge in [0.15, 0.2) is 0 Å². The maximum Gasteiger partial charge on any atom is 0.269 e. The number of aliphatic hydroxyl groups is 1. The molecule has 1 aliphatic heterocycles. The third kappa shape index (κ3) is 4.28. The van der Waals surface area contributed by atoms with Crippen LogP contribution in [0.5, 0.6) is 0 Å². The molecule has 2 rings (SSSR count). The Bertz CT molecular complexity index is 431. The lowest BCUT2D eigenvalue weighted by Gasteiger charge is -2.32. The Balaban J connectivity index is 1.80. The van der Waals surface area contributed by atoms with E-state index in [4.69, 9.17) is 5.11 Å². The van der Waals surface area contributed by atoms with Gasteiger partial charge in [-0.2, -0.15) is 0 Å². The van der Waals surface area contributed by atoms with Crippen LogP contribution >= 0.6 is 0 Å². The summed E-state index contributed by atoms with van der Waals surface area (Å²) in [4.78, 5) is 12.7.